The Bertz CT molecular complexity index is 217. The molecule has 1 atom stereocenters. The summed E-state index contributed by atoms with van der Waals surface area (Å²) in [5.74, 6) is -1.38. The molecule has 6 nitrogen and oxygen atoms in total. The van der Waals surface area contributed by atoms with Crippen molar-refractivity contribution in [1.82, 2.24) is 15.5 Å². The summed E-state index contributed by atoms with van der Waals surface area (Å²) in [6.45, 7) is 2.72. The summed E-state index contributed by atoms with van der Waals surface area (Å²) in [6, 6.07) is 0. The SMILES string of the molecule is CC(O)CNC(=O)C(=O)NCCN(C)C. The molecule has 0 radical (unpaired) electrons. The van der Waals surface area contributed by atoms with E-state index in [0.717, 1.165) is 0 Å². The summed E-state index contributed by atoms with van der Waals surface area (Å²) in [5, 5.41) is 13.6. The molecule has 0 bridgehead atoms. The minimum Gasteiger partial charge on any atom is -0.392 e. The predicted octanol–water partition coefficient (Wildman–Crippen LogP) is -1.84. The number of nitrogens with zero attached hydrogens (tertiary/aromatic N) is 1. The molecule has 0 aromatic heterocycles. The van der Waals surface area contributed by atoms with Gasteiger partial charge in [-0.15, -0.1) is 0 Å². The van der Waals surface area contributed by atoms with Gasteiger partial charge >= 0.3 is 11.8 Å². The molecule has 0 aliphatic carbocycles. The third-order valence-electron chi connectivity index (χ3n) is 1.61. The van der Waals surface area contributed by atoms with Crippen molar-refractivity contribution < 1.29 is 14.7 Å². The van der Waals surface area contributed by atoms with Crippen molar-refractivity contribution in [2.24, 2.45) is 0 Å². The molecule has 0 aliphatic rings. The Morgan fingerprint density at radius 2 is 1.80 bits per heavy atom. The second kappa shape index (κ2) is 7.19. The summed E-state index contributed by atoms with van der Waals surface area (Å²) in [6.07, 6.45) is -0.650. The van der Waals surface area contributed by atoms with Gasteiger partial charge in [-0.05, 0) is 21.0 Å². The van der Waals surface area contributed by atoms with E-state index in [-0.39, 0.29) is 6.54 Å². The van der Waals surface area contributed by atoms with Gasteiger partial charge in [0.05, 0.1) is 6.10 Å². The van der Waals surface area contributed by atoms with E-state index < -0.39 is 17.9 Å². The van der Waals surface area contributed by atoms with Gasteiger partial charge in [-0.1, -0.05) is 0 Å². The van der Waals surface area contributed by atoms with Crippen molar-refractivity contribution in [3.8, 4) is 0 Å². The Balaban J connectivity index is 3.65. The molecule has 0 aromatic carbocycles. The number of aliphatic hydroxyl groups excluding tert-OH is 1. The average Bonchev–Trinajstić information content (AvgIpc) is 2.13. The van der Waals surface area contributed by atoms with Gasteiger partial charge in [-0.2, -0.15) is 0 Å². The third kappa shape index (κ3) is 7.90. The molecule has 3 N–H and O–H groups in total. The van der Waals surface area contributed by atoms with Crippen LogP contribution in [0.1, 0.15) is 6.92 Å². The van der Waals surface area contributed by atoms with Gasteiger partial charge < -0.3 is 20.6 Å². The van der Waals surface area contributed by atoms with E-state index in [0.29, 0.717) is 13.1 Å². The first-order chi connectivity index (χ1) is 6.93. The molecule has 0 rings (SSSR count). The Morgan fingerprint density at radius 3 is 2.27 bits per heavy atom. The van der Waals surface area contributed by atoms with Gasteiger partial charge in [-0.25, -0.2) is 0 Å². The van der Waals surface area contributed by atoms with Crippen molar-refractivity contribution in [1.29, 1.82) is 0 Å². The summed E-state index contributed by atoms with van der Waals surface area (Å²) >= 11 is 0. The lowest BCUT2D eigenvalue weighted by Gasteiger charge is -2.10. The lowest BCUT2D eigenvalue weighted by Crippen LogP contribution is -2.43. The fraction of sp³-hybridized carbons (Fsp3) is 0.778. The van der Waals surface area contributed by atoms with Crippen LogP contribution in [0.4, 0.5) is 0 Å². The van der Waals surface area contributed by atoms with Crippen molar-refractivity contribution in [3.63, 3.8) is 0 Å². The molecule has 0 aromatic rings. The van der Waals surface area contributed by atoms with E-state index in [4.69, 9.17) is 5.11 Å². The Labute approximate surface area is 89.6 Å². The molecule has 15 heavy (non-hydrogen) atoms. The maximum Gasteiger partial charge on any atom is 0.309 e. The van der Waals surface area contributed by atoms with Crippen LogP contribution in [0, 0.1) is 0 Å². The molecule has 6 heteroatoms. The van der Waals surface area contributed by atoms with Crippen LogP contribution in [0.15, 0.2) is 0 Å². The minimum absolute atomic E-state index is 0.0833. The average molecular weight is 217 g/mol. The first-order valence-corrected chi connectivity index (χ1v) is 4.82. The third-order valence-corrected chi connectivity index (χ3v) is 1.61. The van der Waals surface area contributed by atoms with Gasteiger partial charge in [-0.3, -0.25) is 9.59 Å². The zero-order chi connectivity index (χ0) is 11.8. The van der Waals surface area contributed by atoms with E-state index in [9.17, 15) is 9.59 Å². The van der Waals surface area contributed by atoms with Crippen LogP contribution in [0.5, 0.6) is 0 Å². The van der Waals surface area contributed by atoms with Crippen LogP contribution in [0.2, 0.25) is 0 Å². The van der Waals surface area contributed by atoms with Crippen molar-refractivity contribution >= 4 is 11.8 Å². The van der Waals surface area contributed by atoms with E-state index in [1.54, 1.807) is 0 Å². The second-order valence-corrected chi connectivity index (χ2v) is 3.62. The Hall–Kier alpha value is -1.14. The fourth-order valence-electron chi connectivity index (χ4n) is 0.794. The first kappa shape index (κ1) is 13.9. The quantitative estimate of drug-likeness (QED) is 0.473. The highest BCUT2D eigenvalue weighted by Gasteiger charge is 2.12. The van der Waals surface area contributed by atoms with Crippen LogP contribution < -0.4 is 10.6 Å². The highest BCUT2D eigenvalue weighted by Crippen LogP contribution is 1.77. The second-order valence-electron chi connectivity index (χ2n) is 3.62. The van der Waals surface area contributed by atoms with Gasteiger partial charge in [0, 0.05) is 19.6 Å². The number of nitrogens with one attached hydrogen (secondary N) is 2. The lowest BCUT2D eigenvalue weighted by atomic mass is 10.4. The monoisotopic (exact) mass is 217 g/mol. The summed E-state index contributed by atoms with van der Waals surface area (Å²) < 4.78 is 0. The highest BCUT2D eigenvalue weighted by atomic mass is 16.3. The number of aliphatic hydroxyl groups is 1. The van der Waals surface area contributed by atoms with Crippen molar-refractivity contribution in [2.45, 2.75) is 13.0 Å². The van der Waals surface area contributed by atoms with E-state index >= 15 is 0 Å². The van der Waals surface area contributed by atoms with Gasteiger partial charge in [0.25, 0.3) is 0 Å². The molecule has 2 amide bonds. The molecule has 0 saturated carbocycles. The minimum atomic E-state index is -0.713. The van der Waals surface area contributed by atoms with Gasteiger partial charge in [0.1, 0.15) is 0 Å². The molecule has 1 unspecified atom stereocenters. The fourth-order valence-corrected chi connectivity index (χ4v) is 0.794. The molecule has 88 valence electrons. The molecule has 0 saturated heterocycles. The number of amides is 2. The number of rotatable bonds is 5. The number of hydrogen-bond acceptors (Lipinski definition) is 4. The molecular weight excluding hydrogens is 198 g/mol. The Kier molecular flexibility index (Phi) is 6.64. The Morgan fingerprint density at radius 1 is 1.27 bits per heavy atom. The van der Waals surface area contributed by atoms with E-state index in [1.165, 1.54) is 6.92 Å². The molecule has 0 fully saturated rings. The number of hydrogen-bond donors (Lipinski definition) is 3. The predicted molar refractivity (Wildman–Crippen MR) is 56.3 cm³/mol. The van der Waals surface area contributed by atoms with E-state index in [2.05, 4.69) is 10.6 Å². The molecule has 0 heterocycles. The largest absolute Gasteiger partial charge is 0.392 e. The maximum atomic E-state index is 11.1. The topological polar surface area (TPSA) is 81.7 Å². The summed E-state index contributed by atoms with van der Waals surface area (Å²) in [7, 11) is 3.75. The number of carbonyl (C=O) groups excluding carboxylic acids is 2. The zero-order valence-corrected chi connectivity index (χ0v) is 9.41. The standard InChI is InChI=1S/C9H19N3O3/c1-7(13)6-11-9(15)8(14)10-4-5-12(2)3/h7,13H,4-6H2,1-3H3,(H,10,14)(H,11,15). The lowest BCUT2D eigenvalue weighted by molar-refractivity contribution is -0.139. The first-order valence-electron chi connectivity index (χ1n) is 4.82. The summed E-state index contributed by atoms with van der Waals surface area (Å²) in [4.78, 5) is 24.1. The van der Waals surface area contributed by atoms with Crippen LogP contribution in [0.3, 0.4) is 0 Å². The van der Waals surface area contributed by atoms with Crippen LogP contribution in [-0.4, -0.2) is 61.7 Å². The number of likely N-dealkylation sites (N-methyl/N-ethyl adjacent to an activating group) is 1. The van der Waals surface area contributed by atoms with Crippen molar-refractivity contribution in [3.05, 3.63) is 0 Å². The number of carbonyl (C=O) groups is 2. The molecule has 0 aliphatic heterocycles. The van der Waals surface area contributed by atoms with Crippen LogP contribution >= 0.6 is 0 Å². The highest BCUT2D eigenvalue weighted by molar-refractivity contribution is 6.35. The normalized spacial score (nSPS) is 12.3. The molecule has 0 spiro atoms. The smallest absolute Gasteiger partial charge is 0.309 e. The molecular formula is C9H19N3O3. The zero-order valence-electron chi connectivity index (χ0n) is 9.41. The van der Waals surface area contributed by atoms with Gasteiger partial charge in [0.2, 0.25) is 0 Å². The van der Waals surface area contributed by atoms with Crippen LogP contribution in [-0.2, 0) is 9.59 Å². The maximum absolute atomic E-state index is 11.1. The van der Waals surface area contributed by atoms with Crippen molar-refractivity contribution in [2.75, 3.05) is 33.7 Å². The van der Waals surface area contributed by atoms with Crippen LogP contribution in [0.25, 0.3) is 0 Å². The summed E-state index contributed by atoms with van der Waals surface area (Å²) in [5.41, 5.74) is 0. The van der Waals surface area contributed by atoms with E-state index in [1.807, 2.05) is 19.0 Å². The van der Waals surface area contributed by atoms with Gasteiger partial charge in [0.15, 0.2) is 0 Å².